The van der Waals surface area contributed by atoms with E-state index in [0.717, 1.165) is 39.6 Å². The van der Waals surface area contributed by atoms with E-state index in [4.69, 9.17) is 26.8 Å². The number of ether oxygens (including phenoxy) is 2. The van der Waals surface area contributed by atoms with E-state index >= 15 is 0 Å². The highest BCUT2D eigenvalue weighted by Crippen LogP contribution is 2.33. The predicted octanol–water partition coefficient (Wildman–Crippen LogP) is 6.37. The fourth-order valence-corrected chi connectivity index (χ4v) is 7.57. The minimum Gasteiger partial charge on any atom is -0.494 e. The fourth-order valence-electron chi connectivity index (χ4n) is 5.83. The van der Waals surface area contributed by atoms with Crippen LogP contribution in [0.2, 0.25) is 5.02 Å². The smallest absolute Gasteiger partial charge is 0.280 e. The number of hydrogen-bond acceptors (Lipinski definition) is 6. The Kier molecular flexibility index (Phi) is 10.9. The van der Waals surface area contributed by atoms with Gasteiger partial charge in [-0.25, -0.2) is 17.2 Å². The molecule has 248 valence electrons. The monoisotopic (exact) mass is 675 g/mol. The quantitative estimate of drug-likeness (QED) is 0.237. The number of unbranched alkanes of at least 4 members (excludes halogenated alkanes) is 2. The van der Waals surface area contributed by atoms with Crippen LogP contribution in [0.3, 0.4) is 0 Å². The normalized spacial score (nSPS) is 21.9. The molecule has 2 fully saturated rings. The second-order valence-corrected chi connectivity index (χ2v) is 14.2. The molecule has 5 rings (SSSR count). The van der Waals surface area contributed by atoms with E-state index in [9.17, 15) is 22.0 Å². The highest BCUT2D eigenvalue weighted by molar-refractivity contribution is 7.89. The molecule has 2 saturated heterocycles. The summed E-state index contributed by atoms with van der Waals surface area (Å²) in [6.45, 7) is 1.75. The number of halogens is 3. The molecule has 2 heterocycles. The minimum atomic E-state index is -4.16. The zero-order chi connectivity index (χ0) is 32.9. The second kappa shape index (κ2) is 14.7. The van der Waals surface area contributed by atoms with Gasteiger partial charge in [0.2, 0.25) is 15.9 Å². The maximum Gasteiger partial charge on any atom is 0.280 e. The summed E-state index contributed by atoms with van der Waals surface area (Å²) in [4.78, 5) is 14.9. The van der Waals surface area contributed by atoms with E-state index in [1.807, 2.05) is 48.5 Å². The number of rotatable bonds is 11. The average molecular weight is 676 g/mol. The highest BCUT2D eigenvalue weighted by atomic mass is 35.5. The van der Waals surface area contributed by atoms with Crippen LogP contribution in [-0.2, 0) is 14.8 Å². The van der Waals surface area contributed by atoms with Crippen molar-refractivity contribution >= 4 is 27.5 Å². The summed E-state index contributed by atoms with van der Waals surface area (Å²) in [5.41, 5.74) is 7.55. The standard InChI is InChI=1S/C34H40ClF2N3O5S/c1-2-3-4-21-44-27-13-15-30(16-14-27)46(42,43)40-20-17-29(22-31(40)33(41)39-19-18-32(38)34(36,37)23-39)45-28-11-7-25(8-12-28)24-5-9-26(35)10-6-24/h5-16,29,31-32H,2-4,17-23,38H2,1H3/t29-,31-,32?/m0/s1. The summed E-state index contributed by atoms with van der Waals surface area (Å²) in [6.07, 6.45) is 2.69. The molecule has 8 nitrogen and oxygen atoms in total. The van der Waals surface area contributed by atoms with Crippen LogP contribution in [0.5, 0.6) is 11.5 Å². The van der Waals surface area contributed by atoms with Crippen molar-refractivity contribution in [3.05, 3.63) is 77.8 Å². The lowest BCUT2D eigenvalue weighted by Crippen LogP contribution is -2.62. The van der Waals surface area contributed by atoms with Gasteiger partial charge in [0, 0.05) is 24.5 Å². The van der Waals surface area contributed by atoms with Gasteiger partial charge in [-0.3, -0.25) is 4.79 Å². The number of sulfonamides is 1. The number of hydrogen-bond donors (Lipinski definition) is 1. The molecule has 0 aromatic heterocycles. The van der Waals surface area contributed by atoms with Crippen LogP contribution in [0.25, 0.3) is 11.1 Å². The molecule has 46 heavy (non-hydrogen) atoms. The lowest BCUT2D eigenvalue weighted by Gasteiger charge is -2.42. The van der Waals surface area contributed by atoms with Crippen LogP contribution in [0.4, 0.5) is 8.78 Å². The first-order valence-corrected chi connectivity index (χ1v) is 17.5. The number of nitrogens with zero attached hydrogens (tertiary/aromatic N) is 2. The number of amides is 1. The number of alkyl halides is 2. The van der Waals surface area contributed by atoms with Crippen molar-refractivity contribution in [1.29, 1.82) is 0 Å². The van der Waals surface area contributed by atoms with Gasteiger partial charge in [-0.1, -0.05) is 55.6 Å². The Bertz CT molecular complexity index is 1570. The molecule has 0 aliphatic carbocycles. The highest BCUT2D eigenvalue weighted by Gasteiger charge is 2.48. The number of carbonyl (C=O) groups excluding carboxylic acids is 1. The van der Waals surface area contributed by atoms with E-state index in [1.165, 1.54) is 12.1 Å². The molecule has 0 radical (unpaired) electrons. The van der Waals surface area contributed by atoms with Crippen molar-refractivity contribution in [3.63, 3.8) is 0 Å². The molecule has 2 N–H and O–H groups in total. The average Bonchev–Trinajstić information content (AvgIpc) is 3.05. The number of nitrogens with two attached hydrogens (primary N) is 1. The number of piperidine rings is 2. The van der Waals surface area contributed by atoms with E-state index < -0.39 is 46.6 Å². The Morgan fingerprint density at radius 3 is 2.20 bits per heavy atom. The van der Waals surface area contributed by atoms with E-state index in [-0.39, 0.29) is 30.8 Å². The number of carbonyl (C=O) groups is 1. The molecule has 1 amide bonds. The minimum absolute atomic E-state index is 0.00372. The maximum atomic E-state index is 14.6. The van der Waals surface area contributed by atoms with Gasteiger partial charge in [-0.2, -0.15) is 4.31 Å². The van der Waals surface area contributed by atoms with Crippen molar-refractivity contribution in [2.24, 2.45) is 5.73 Å². The lowest BCUT2D eigenvalue weighted by molar-refractivity contribution is -0.149. The summed E-state index contributed by atoms with van der Waals surface area (Å²) in [5.74, 6) is -2.86. The first-order valence-electron chi connectivity index (χ1n) is 15.7. The molecule has 1 unspecified atom stereocenters. The van der Waals surface area contributed by atoms with Gasteiger partial charge in [0.15, 0.2) is 0 Å². The molecule has 3 aromatic carbocycles. The molecule has 3 atom stereocenters. The summed E-state index contributed by atoms with van der Waals surface area (Å²) in [6, 6.07) is 18.3. The van der Waals surface area contributed by atoms with Crippen LogP contribution in [0, 0.1) is 0 Å². The van der Waals surface area contributed by atoms with Crippen molar-refractivity contribution in [3.8, 4) is 22.6 Å². The third-order valence-corrected chi connectivity index (χ3v) is 10.7. The Morgan fingerprint density at radius 2 is 1.57 bits per heavy atom. The molecule has 3 aromatic rings. The first-order chi connectivity index (χ1) is 22.0. The molecule has 2 aliphatic rings. The molecule has 0 saturated carbocycles. The lowest BCUT2D eigenvalue weighted by atomic mass is 9.97. The largest absolute Gasteiger partial charge is 0.494 e. The third kappa shape index (κ3) is 7.99. The van der Waals surface area contributed by atoms with Crippen LogP contribution in [-0.4, -0.2) is 73.9 Å². The number of likely N-dealkylation sites (tertiary alicyclic amines) is 1. The van der Waals surface area contributed by atoms with Crippen molar-refractivity contribution in [1.82, 2.24) is 9.21 Å². The van der Waals surface area contributed by atoms with Gasteiger partial charge in [0.1, 0.15) is 23.6 Å². The summed E-state index contributed by atoms with van der Waals surface area (Å²) in [5, 5.41) is 0.640. The SMILES string of the molecule is CCCCCOc1ccc(S(=O)(=O)N2CC[C@H](Oc3ccc(-c4ccc(Cl)cc4)cc3)C[C@H]2C(=O)N2CCC(N)C(F)(F)C2)cc1. The van der Waals surface area contributed by atoms with Gasteiger partial charge in [0.05, 0.1) is 24.1 Å². The number of benzene rings is 3. The van der Waals surface area contributed by atoms with Crippen LogP contribution in [0.1, 0.15) is 45.4 Å². The van der Waals surface area contributed by atoms with Crippen LogP contribution < -0.4 is 15.2 Å². The molecule has 2 aliphatic heterocycles. The Labute approximate surface area is 274 Å². The van der Waals surface area contributed by atoms with E-state index in [0.29, 0.717) is 29.5 Å². The Hall–Kier alpha value is -3.25. The van der Waals surface area contributed by atoms with Gasteiger partial charge in [-0.15, -0.1) is 0 Å². The van der Waals surface area contributed by atoms with Crippen molar-refractivity contribution < 1.29 is 31.5 Å². The predicted molar refractivity (Wildman–Crippen MR) is 174 cm³/mol. The third-order valence-electron chi connectivity index (χ3n) is 8.54. The Morgan fingerprint density at radius 1 is 0.935 bits per heavy atom. The zero-order valence-corrected chi connectivity index (χ0v) is 27.4. The molecule has 12 heteroatoms. The summed E-state index contributed by atoms with van der Waals surface area (Å²) >= 11 is 6.01. The van der Waals surface area contributed by atoms with Gasteiger partial charge < -0.3 is 20.1 Å². The maximum absolute atomic E-state index is 14.6. The van der Waals surface area contributed by atoms with Gasteiger partial charge >= 0.3 is 0 Å². The molecular formula is C34H40ClF2N3O5S. The molecular weight excluding hydrogens is 636 g/mol. The van der Waals surface area contributed by atoms with Crippen molar-refractivity contribution in [2.75, 3.05) is 26.2 Å². The summed E-state index contributed by atoms with van der Waals surface area (Å²) in [7, 11) is -4.16. The second-order valence-electron chi connectivity index (χ2n) is 11.9. The van der Waals surface area contributed by atoms with Gasteiger partial charge in [0.25, 0.3) is 5.92 Å². The Balaban J connectivity index is 1.34. The first kappa shape index (κ1) is 34.1. The van der Waals surface area contributed by atoms with Crippen molar-refractivity contribution in [2.45, 2.75) is 74.5 Å². The fraction of sp³-hybridized carbons (Fsp3) is 0.441. The molecule has 0 bridgehead atoms. The van der Waals surface area contributed by atoms with Gasteiger partial charge in [-0.05, 0) is 78.9 Å². The summed E-state index contributed by atoms with van der Waals surface area (Å²) < 4.78 is 70.1. The van der Waals surface area contributed by atoms with Crippen LogP contribution >= 0.6 is 11.6 Å². The molecule has 0 spiro atoms. The van der Waals surface area contributed by atoms with E-state index in [2.05, 4.69) is 6.92 Å². The van der Waals surface area contributed by atoms with E-state index in [1.54, 1.807) is 12.1 Å². The topological polar surface area (TPSA) is 102 Å². The van der Waals surface area contributed by atoms with Crippen LogP contribution in [0.15, 0.2) is 77.7 Å². The zero-order valence-electron chi connectivity index (χ0n) is 25.8.